The van der Waals surface area contributed by atoms with Crippen molar-refractivity contribution in [2.75, 3.05) is 12.4 Å². The minimum absolute atomic E-state index is 0.0384. The topological polar surface area (TPSA) is 62.1 Å². The first-order chi connectivity index (χ1) is 10.6. The van der Waals surface area contributed by atoms with Gasteiger partial charge in [0.2, 0.25) is 0 Å². The number of ether oxygens (including phenoxy) is 1. The lowest BCUT2D eigenvalue weighted by molar-refractivity contribution is -0.112. The molecule has 2 aromatic rings. The monoisotopic (exact) mass is 292 g/mol. The molecule has 110 valence electrons. The van der Waals surface area contributed by atoms with Crippen LogP contribution in [0.3, 0.4) is 0 Å². The third-order valence-electron chi connectivity index (χ3n) is 3.16. The minimum Gasteiger partial charge on any atom is -0.497 e. The summed E-state index contributed by atoms with van der Waals surface area (Å²) in [4.78, 5) is 12.2. The third-order valence-corrected chi connectivity index (χ3v) is 3.16. The Kier molecular flexibility index (Phi) is 4.94. The molecule has 4 nitrogen and oxygen atoms in total. The summed E-state index contributed by atoms with van der Waals surface area (Å²) < 4.78 is 5.13. The molecule has 0 spiro atoms. The number of para-hydroxylation sites is 1. The fourth-order valence-electron chi connectivity index (χ4n) is 1.95. The van der Waals surface area contributed by atoms with Crippen LogP contribution in [0.2, 0.25) is 0 Å². The lowest BCUT2D eigenvalue weighted by Gasteiger charge is -2.07. The van der Waals surface area contributed by atoms with Crippen molar-refractivity contribution < 1.29 is 9.53 Å². The largest absolute Gasteiger partial charge is 0.497 e. The van der Waals surface area contributed by atoms with Crippen LogP contribution >= 0.6 is 0 Å². The van der Waals surface area contributed by atoms with Gasteiger partial charge < -0.3 is 10.1 Å². The van der Waals surface area contributed by atoms with Gasteiger partial charge in [-0.05, 0) is 42.3 Å². The van der Waals surface area contributed by atoms with E-state index in [1.54, 1.807) is 37.4 Å². The van der Waals surface area contributed by atoms with E-state index in [0.29, 0.717) is 11.4 Å². The van der Waals surface area contributed by atoms with E-state index in [1.807, 2.05) is 31.2 Å². The van der Waals surface area contributed by atoms with Crippen molar-refractivity contribution in [3.05, 3.63) is 65.2 Å². The molecule has 0 heterocycles. The molecular weight excluding hydrogens is 276 g/mol. The lowest BCUT2D eigenvalue weighted by Crippen LogP contribution is -2.14. The molecule has 0 bridgehead atoms. The molecule has 2 aromatic carbocycles. The third kappa shape index (κ3) is 3.74. The van der Waals surface area contributed by atoms with Crippen LogP contribution < -0.4 is 10.1 Å². The number of nitriles is 1. The summed E-state index contributed by atoms with van der Waals surface area (Å²) in [7, 11) is 1.57. The zero-order valence-electron chi connectivity index (χ0n) is 12.5. The number of hydrogen-bond donors (Lipinski definition) is 1. The van der Waals surface area contributed by atoms with Crippen LogP contribution in [0, 0.1) is 18.3 Å². The molecule has 0 aliphatic rings. The van der Waals surface area contributed by atoms with Gasteiger partial charge in [0.15, 0.2) is 0 Å². The molecule has 0 aliphatic carbocycles. The first kappa shape index (κ1) is 15.3. The van der Waals surface area contributed by atoms with Gasteiger partial charge in [0.25, 0.3) is 5.91 Å². The number of carbonyl (C=O) groups excluding carboxylic acids is 1. The van der Waals surface area contributed by atoms with Crippen LogP contribution in [0.1, 0.15) is 11.1 Å². The fourth-order valence-corrected chi connectivity index (χ4v) is 1.95. The molecule has 0 unspecified atom stereocenters. The summed E-state index contributed by atoms with van der Waals surface area (Å²) in [5.74, 6) is 0.241. The summed E-state index contributed by atoms with van der Waals surface area (Å²) in [5.41, 5.74) is 2.40. The average molecular weight is 292 g/mol. The minimum atomic E-state index is -0.431. The van der Waals surface area contributed by atoms with Crippen molar-refractivity contribution in [3.8, 4) is 11.8 Å². The molecule has 0 atom stereocenters. The van der Waals surface area contributed by atoms with Crippen LogP contribution in [-0.2, 0) is 4.79 Å². The van der Waals surface area contributed by atoms with E-state index >= 15 is 0 Å². The first-order valence-electron chi connectivity index (χ1n) is 6.77. The van der Waals surface area contributed by atoms with Crippen molar-refractivity contribution in [1.82, 2.24) is 0 Å². The Labute approximate surface area is 129 Å². The molecule has 0 fully saturated rings. The molecule has 1 N–H and O–H groups in total. The van der Waals surface area contributed by atoms with Crippen molar-refractivity contribution in [2.24, 2.45) is 0 Å². The standard InChI is InChI=1S/C18H16N2O2/c1-13-6-3-4-9-17(13)20-18(21)15(12-19)10-14-7-5-8-16(11-14)22-2/h3-11H,1-2H3,(H,20,21)/b15-10+. The normalized spacial score (nSPS) is 10.7. The number of nitrogens with zero attached hydrogens (tertiary/aromatic N) is 1. The zero-order valence-corrected chi connectivity index (χ0v) is 12.5. The van der Waals surface area contributed by atoms with Gasteiger partial charge in [-0.3, -0.25) is 4.79 Å². The first-order valence-corrected chi connectivity index (χ1v) is 6.77. The summed E-state index contributed by atoms with van der Waals surface area (Å²) in [5, 5.41) is 12.0. The van der Waals surface area contributed by atoms with Gasteiger partial charge in [-0.15, -0.1) is 0 Å². The van der Waals surface area contributed by atoms with E-state index in [1.165, 1.54) is 6.08 Å². The second kappa shape index (κ2) is 7.09. The number of hydrogen-bond acceptors (Lipinski definition) is 3. The highest BCUT2D eigenvalue weighted by atomic mass is 16.5. The van der Waals surface area contributed by atoms with E-state index in [4.69, 9.17) is 4.74 Å². The van der Waals surface area contributed by atoms with Gasteiger partial charge >= 0.3 is 0 Å². The maximum Gasteiger partial charge on any atom is 0.266 e. The molecule has 4 heteroatoms. The molecule has 22 heavy (non-hydrogen) atoms. The smallest absolute Gasteiger partial charge is 0.266 e. The number of carbonyl (C=O) groups is 1. The van der Waals surface area contributed by atoms with Crippen molar-refractivity contribution in [3.63, 3.8) is 0 Å². The predicted molar refractivity (Wildman–Crippen MR) is 86.4 cm³/mol. The summed E-state index contributed by atoms with van der Waals surface area (Å²) in [6, 6.07) is 16.5. The van der Waals surface area contributed by atoms with Crippen LogP contribution in [0.15, 0.2) is 54.1 Å². The van der Waals surface area contributed by atoms with Gasteiger partial charge in [-0.1, -0.05) is 30.3 Å². The van der Waals surface area contributed by atoms with Gasteiger partial charge in [0.05, 0.1) is 7.11 Å². The maximum atomic E-state index is 12.2. The molecule has 0 aliphatic heterocycles. The molecule has 0 saturated carbocycles. The van der Waals surface area contributed by atoms with Crippen molar-refractivity contribution >= 4 is 17.7 Å². The van der Waals surface area contributed by atoms with Gasteiger partial charge in [-0.2, -0.15) is 5.26 Å². The van der Waals surface area contributed by atoms with E-state index in [-0.39, 0.29) is 5.57 Å². The van der Waals surface area contributed by atoms with Gasteiger partial charge in [0.1, 0.15) is 17.4 Å². The van der Waals surface area contributed by atoms with Gasteiger partial charge in [-0.25, -0.2) is 0 Å². The Bertz CT molecular complexity index is 758. The van der Waals surface area contributed by atoms with Crippen LogP contribution in [0.5, 0.6) is 5.75 Å². The van der Waals surface area contributed by atoms with Crippen LogP contribution in [0.25, 0.3) is 6.08 Å². The van der Waals surface area contributed by atoms with Crippen molar-refractivity contribution in [2.45, 2.75) is 6.92 Å². The highest BCUT2D eigenvalue weighted by molar-refractivity contribution is 6.09. The Morgan fingerprint density at radius 2 is 2.00 bits per heavy atom. The average Bonchev–Trinajstić information content (AvgIpc) is 2.54. The summed E-state index contributed by atoms with van der Waals surface area (Å²) >= 11 is 0. The number of benzene rings is 2. The lowest BCUT2D eigenvalue weighted by atomic mass is 10.1. The highest BCUT2D eigenvalue weighted by Gasteiger charge is 2.10. The number of methoxy groups -OCH3 is 1. The zero-order chi connectivity index (χ0) is 15.9. The quantitative estimate of drug-likeness (QED) is 0.692. The molecule has 2 rings (SSSR count). The molecule has 0 aromatic heterocycles. The summed E-state index contributed by atoms with van der Waals surface area (Å²) in [6.07, 6.45) is 1.54. The number of anilines is 1. The van der Waals surface area contributed by atoms with E-state index in [9.17, 15) is 10.1 Å². The van der Waals surface area contributed by atoms with E-state index in [0.717, 1.165) is 11.1 Å². The number of aryl methyl sites for hydroxylation is 1. The van der Waals surface area contributed by atoms with E-state index in [2.05, 4.69) is 5.32 Å². The SMILES string of the molecule is COc1cccc(/C=C(\C#N)C(=O)Nc2ccccc2C)c1. The van der Waals surface area contributed by atoms with E-state index < -0.39 is 5.91 Å². The Morgan fingerprint density at radius 3 is 2.68 bits per heavy atom. The Morgan fingerprint density at radius 1 is 1.23 bits per heavy atom. The fraction of sp³-hybridized carbons (Fsp3) is 0.111. The van der Waals surface area contributed by atoms with Gasteiger partial charge in [0, 0.05) is 5.69 Å². The number of rotatable bonds is 4. The Hall–Kier alpha value is -3.06. The molecule has 1 amide bonds. The molecular formula is C18H16N2O2. The Balaban J connectivity index is 2.24. The second-order valence-corrected chi connectivity index (χ2v) is 4.72. The predicted octanol–water partition coefficient (Wildman–Crippen LogP) is 3.55. The summed E-state index contributed by atoms with van der Waals surface area (Å²) in [6.45, 7) is 1.90. The maximum absolute atomic E-state index is 12.2. The number of amides is 1. The molecule has 0 radical (unpaired) electrons. The molecule has 0 saturated heterocycles. The van der Waals surface area contributed by atoms with Crippen LogP contribution in [0.4, 0.5) is 5.69 Å². The second-order valence-electron chi connectivity index (χ2n) is 4.72. The van der Waals surface area contributed by atoms with Crippen LogP contribution in [-0.4, -0.2) is 13.0 Å². The highest BCUT2D eigenvalue weighted by Crippen LogP contribution is 2.17. The number of nitrogens with one attached hydrogen (secondary N) is 1. The van der Waals surface area contributed by atoms with Crippen molar-refractivity contribution in [1.29, 1.82) is 5.26 Å².